The molecular formula is C25H23F3N4O3. The second-order valence-electron chi connectivity index (χ2n) is 7.79. The molecule has 0 atom stereocenters. The minimum atomic E-state index is -4.52. The average molecular weight is 484 g/mol. The van der Waals surface area contributed by atoms with Crippen LogP contribution in [0.5, 0.6) is 0 Å². The van der Waals surface area contributed by atoms with Crippen LogP contribution in [0.2, 0.25) is 0 Å². The molecule has 35 heavy (non-hydrogen) atoms. The molecule has 0 saturated heterocycles. The van der Waals surface area contributed by atoms with Gasteiger partial charge in [-0.3, -0.25) is 14.4 Å². The van der Waals surface area contributed by atoms with E-state index >= 15 is 0 Å². The molecule has 0 radical (unpaired) electrons. The molecule has 0 aliphatic heterocycles. The predicted octanol–water partition coefficient (Wildman–Crippen LogP) is 4.71. The number of carbonyl (C=O) groups is 3. The fourth-order valence-electron chi connectivity index (χ4n) is 3.09. The first kappa shape index (κ1) is 25.3. The average Bonchev–Trinajstić information content (AvgIpc) is 2.82. The van der Waals surface area contributed by atoms with E-state index in [1.54, 1.807) is 50.5 Å². The van der Waals surface area contributed by atoms with E-state index in [2.05, 4.69) is 16.0 Å². The Bertz CT molecular complexity index is 1230. The van der Waals surface area contributed by atoms with E-state index in [4.69, 9.17) is 0 Å². The molecule has 0 aromatic heterocycles. The van der Waals surface area contributed by atoms with E-state index in [0.29, 0.717) is 16.9 Å². The van der Waals surface area contributed by atoms with Crippen LogP contribution in [-0.2, 0) is 11.0 Å². The van der Waals surface area contributed by atoms with Crippen LogP contribution in [0.1, 0.15) is 26.3 Å². The second-order valence-corrected chi connectivity index (χ2v) is 7.79. The smallest absolute Gasteiger partial charge is 0.376 e. The largest absolute Gasteiger partial charge is 0.416 e. The fourth-order valence-corrected chi connectivity index (χ4v) is 3.09. The Hall–Kier alpha value is -4.34. The van der Waals surface area contributed by atoms with Gasteiger partial charge in [0.25, 0.3) is 11.8 Å². The fraction of sp³-hybridized carbons (Fsp3) is 0.160. The molecule has 3 N–H and O–H groups in total. The highest BCUT2D eigenvalue weighted by Gasteiger charge is 2.30. The summed E-state index contributed by atoms with van der Waals surface area (Å²) in [6, 6.07) is 17.0. The third-order valence-electron chi connectivity index (χ3n) is 4.85. The lowest BCUT2D eigenvalue weighted by Gasteiger charge is -2.12. The molecule has 0 bridgehead atoms. The minimum absolute atomic E-state index is 0.0147. The van der Waals surface area contributed by atoms with E-state index < -0.39 is 17.6 Å². The number of alkyl halides is 3. The van der Waals surface area contributed by atoms with Crippen molar-refractivity contribution in [1.29, 1.82) is 0 Å². The van der Waals surface area contributed by atoms with Crippen molar-refractivity contribution in [2.24, 2.45) is 0 Å². The van der Waals surface area contributed by atoms with Gasteiger partial charge in [0, 0.05) is 42.3 Å². The number of rotatable bonds is 7. The lowest BCUT2D eigenvalue weighted by atomic mass is 10.1. The Labute approximate surface area is 199 Å². The Morgan fingerprint density at radius 1 is 0.771 bits per heavy atom. The molecule has 3 aromatic carbocycles. The molecule has 0 heterocycles. The molecule has 0 fully saturated rings. The van der Waals surface area contributed by atoms with Crippen molar-refractivity contribution in [3.63, 3.8) is 0 Å². The predicted molar refractivity (Wildman–Crippen MR) is 127 cm³/mol. The zero-order valence-corrected chi connectivity index (χ0v) is 18.9. The lowest BCUT2D eigenvalue weighted by Crippen LogP contribution is -2.23. The van der Waals surface area contributed by atoms with Gasteiger partial charge in [-0.05, 0) is 60.7 Å². The highest BCUT2D eigenvalue weighted by molar-refractivity contribution is 6.05. The summed E-state index contributed by atoms with van der Waals surface area (Å²) in [5.74, 6) is -1.10. The van der Waals surface area contributed by atoms with Crippen molar-refractivity contribution >= 4 is 34.8 Å². The van der Waals surface area contributed by atoms with Crippen molar-refractivity contribution in [2.45, 2.75) is 6.18 Å². The number of hydrogen-bond donors (Lipinski definition) is 3. The zero-order valence-electron chi connectivity index (χ0n) is 18.9. The van der Waals surface area contributed by atoms with Gasteiger partial charge in [-0.25, -0.2) is 0 Å². The van der Waals surface area contributed by atoms with Crippen molar-refractivity contribution in [3.8, 4) is 0 Å². The number of anilines is 3. The van der Waals surface area contributed by atoms with Gasteiger partial charge in [-0.15, -0.1) is 0 Å². The highest BCUT2D eigenvalue weighted by atomic mass is 19.4. The van der Waals surface area contributed by atoms with Gasteiger partial charge in [-0.1, -0.05) is 12.1 Å². The standard InChI is InChI=1S/C25H23F3N4O3/c1-32(2)24(35)16-9-11-19(12-10-16)30-22(33)15-29-20-7-3-5-17(13-20)23(34)31-21-8-4-6-18(14-21)25(26,27)28/h3-14,29H,15H2,1-2H3,(H,30,33)(H,31,34). The maximum atomic E-state index is 12.9. The van der Waals surface area contributed by atoms with Gasteiger partial charge in [-0.2, -0.15) is 13.2 Å². The van der Waals surface area contributed by atoms with Crippen LogP contribution in [0.4, 0.5) is 30.2 Å². The van der Waals surface area contributed by atoms with Gasteiger partial charge in [0.15, 0.2) is 0 Å². The van der Waals surface area contributed by atoms with Gasteiger partial charge >= 0.3 is 6.18 Å². The normalized spacial score (nSPS) is 10.9. The molecule has 182 valence electrons. The first-order valence-electron chi connectivity index (χ1n) is 10.5. The van der Waals surface area contributed by atoms with Crippen LogP contribution in [0, 0.1) is 0 Å². The summed E-state index contributed by atoms with van der Waals surface area (Å²) in [5.41, 5.74) is 0.835. The summed E-state index contributed by atoms with van der Waals surface area (Å²) in [7, 11) is 3.29. The molecule has 3 aromatic rings. The van der Waals surface area contributed by atoms with E-state index in [-0.39, 0.29) is 29.6 Å². The maximum Gasteiger partial charge on any atom is 0.416 e. The Kier molecular flexibility index (Phi) is 7.75. The van der Waals surface area contributed by atoms with Crippen LogP contribution in [0.3, 0.4) is 0 Å². The topological polar surface area (TPSA) is 90.5 Å². The van der Waals surface area contributed by atoms with Crippen molar-refractivity contribution in [1.82, 2.24) is 4.90 Å². The Balaban J connectivity index is 1.57. The zero-order chi connectivity index (χ0) is 25.6. The highest BCUT2D eigenvalue weighted by Crippen LogP contribution is 2.30. The molecule has 0 spiro atoms. The lowest BCUT2D eigenvalue weighted by molar-refractivity contribution is -0.137. The van der Waals surface area contributed by atoms with Crippen molar-refractivity contribution in [2.75, 3.05) is 36.6 Å². The van der Waals surface area contributed by atoms with E-state index in [1.807, 2.05) is 0 Å². The molecule has 0 aliphatic carbocycles. The third kappa shape index (κ3) is 7.07. The Morgan fingerprint density at radius 3 is 2.09 bits per heavy atom. The molecule has 0 saturated carbocycles. The van der Waals surface area contributed by atoms with Crippen LogP contribution >= 0.6 is 0 Å². The molecule has 7 nitrogen and oxygen atoms in total. The summed E-state index contributed by atoms with van der Waals surface area (Å²) in [4.78, 5) is 38.1. The van der Waals surface area contributed by atoms with Crippen LogP contribution in [-0.4, -0.2) is 43.3 Å². The number of halogens is 3. The molecule has 0 unspecified atom stereocenters. The van der Waals surface area contributed by atoms with Crippen molar-refractivity contribution in [3.05, 3.63) is 89.5 Å². The van der Waals surface area contributed by atoms with Gasteiger partial charge in [0.1, 0.15) is 0 Å². The number of amides is 3. The Morgan fingerprint density at radius 2 is 1.43 bits per heavy atom. The monoisotopic (exact) mass is 484 g/mol. The number of nitrogens with zero attached hydrogens (tertiary/aromatic N) is 1. The van der Waals surface area contributed by atoms with E-state index in [9.17, 15) is 27.6 Å². The summed E-state index contributed by atoms with van der Waals surface area (Å²) < 4.78 is 38.6. The van der Waals surface area contributed by atoms with Crippen LogP contribution in [0.25, 0.3) is 0 Å². The summed E-state index contributed by atoms with van der Waals surface area (Å²) in [6.07, 6.45) is -4.52. The molecule has 10 heteroatoms. The van der Waals surface area contributed by atoms with Crippen LogP contribution < -0.4 is 16.0 Å². The first-order valence-corrected chi connectivity index (χ1v) is 10.5. The number of nitrogens with one attached hydrogen (secondary N) is 3. The van der Waals surface area contributed by atoms with Gasteiger partial charge in [0.05, 0.1) is 12.1 Å². The summed E-state index contributed by atoms with van der Waals surface area (Å²) >= 11 is 0. The van der Waals surface area contributed by atoms with Crippen molar-refractivity contribution < 1.29 is 27.6 Å². The number of hydrogen-bond acceptors (Lipinski definition) is 4. The first-order chi connectivity index (χ1) is 16.5. The van der Waals surface area contributed by atoms with Crippen LogP contribution in [0.15, 0.2) is 72.8 Å². The molecule has 3 rings (SSSR count). The number of carbonyl (C=O) groups excluding carboxylic acids is 3. The molecule has 3 amide bonds. The number of benzene rings is 3. The molecule has 0 aliphatic rings. The van der Waals surface area contributed by atoms with E-state index in [0.717, 1.165) is 12.1 Å². The maximum absolute atomic E-state index is 12.9. The minimum Gasteiger partial charge on any atom is -0.376 e. The molecular weight excluding hydrogens is 461 g/mol. The summed E-state index contributed by atoms with van der Waals surface area (Å²) in [5, 5.41) is 8.04. The van der Waals surface area contributed by atoms with Gasteiger partial charge in [0.2, 0.25) is 5.91 Å². The SMILES string of the molecule is CN(C)C(=O)c1ccc(NC(=O)CNc2cccc(C(=O)Nc3cccc(C(F)(F)F)c3)c2)cc1. The second kappa shape index (κ2) is 10.7. The van der Waals surface area contributed by atoms with E-state index in [1.165, 1.54) is 29.2 Å². The summed E-state index contributed by atoms with van der Waals surface area (Å²) in [6.45, 7) is -0.100. The quantitative estimate of drug-likeness (QED) is 0.453. The third-order valence-corrected chi connectivity index (χ3v) is 4.85. The van der Waals surface area contributed by atoms with Gasteiger partial charge < -0.3 is 20.9 Å².